The predicted molar refractivity (Wildman–Crippen MR) is 97.3 cm³/mol. The molecule has 1 aliphatic heterocycles. The van der Waals surface area contributed by atoms with Gasteiger partial charge in [0.05, 0.1) is 19.3 Å². The van der Waals surface area contributed by atoms with Gasteiger partial charge in [0.2, 0.25) is 0 Å². The maximum Gasteiger partial charge on any atom is 0.187 e. The molecule has 0 bridgehead atoms. The third-order valence-electron chi connectivity index (χ3n) is 4.45. The van der Waals surface area contributed by atoms with Gasteiger partial charge < -0.3 is 24.1 Å². The fourth-order valence-electron chi connectivity index (χ4n) is 3.02. The molecule has 0 saturated carbocycles. The molecule has 6 nitrogen and oxygen atoms in total. The summed E-state index contributed by atoms with van der Waals surface area (Å²) < 4.78 is 22.9. The highest BCUT2D eigenvalue weighted by molar-refractivity contribution is 5.15. The normalized spacial score (nSPS) is 27.8. The van der Waals surface area contributed by atoms with Crippen LogP contribution in [-0.2, 0) is 32.2 Å². The lowest BCUT2D eigenvalue weighted by Crippen LogP contribution is -2.59. The Bertz CT molecular complexity index is 733. The quantitative estimate of drug-likeness (QED) is 0.807. The Balaban J connectivity index is 1.74. The van der Waals surface area contributed by atoms with Crippen molar-refractivity contribution in [2.75, 3.05) is 7.11 Å². The molecule has 1 heterocycles. The molecule has 0 unspecified atom stereocenters. The lowest BCUT2D eigenvalue weighted by Gasteiger charge is -2.41. The number of aliphatic hydroxyl groups excluding tert-OH is 1. The summed E-state index contributed by atoms with van der Waals surface area (Å²) in [6.45, 7) is 0.589. The van der Waals surface area contributed by atoms with E-state index in [0.29, 0.717) is 6.61 Å². The molecule has 2 aromatic rings. The van der Waals surface area contributed by atoms with Gasteiger partial charge in [-0.05, 0) is 11.1 Å². The van der Waals surface area contributed by atoms with E-state index in [4.69, 9.17) is 18.9 Å². The molecule has 0 aromatic heterocycles. The molecular formula is C21H23NO5. The monoisotopic (exact) mass is 369 g/mol. The summed E-state index contributed by atoms with van der Waals surface area (Å²) in [6.07, 6.45) is -4.46. The number of hydrogen-bond acceptors (Lipinski definition) is 6. The van der Waals surface area contributed by atoms with Crippen LogP contribution in [0.25, 0.3) is 0 Å². The van der Waals surface area contributed by atoms with E-state index in [1.807, 2.05) is 66.7 Å². The average Bonchev–Trinajstić information content (AvgIpc) is 2.73. The molecule has 1 fully saturated rings. The molecule has 2 aromatic carbocycles. The molecule has 0 amide bonds. The summed E-state index contributed by atoms with van der Waals surface area (Å²) in [5.41, 5.74) is 1.94. The number of methoxy groups -OCH3 is 1. The van der Waals surface area contributed by atoms with E-state index in [1.54, 1.807) is 0 Å². The third kappa shape index (κ3) is 4.92. The minimum Gasteiger partial charge on any atom is -0.386 e. The van der Waals surface area contributed by atoms with Gasteiger partial charge in [-0.2, -0.15) is 5.26 Å². The molecule has 1 N–H and O–H groups in total. The van der Waals surface area contributed by atoms with Crippen LogP contribution in [-0.4, -0.2) is 42.9 Å². The number of rotatable bonds is 7. The summed E-state index contributed by atoms with van der Waals surface area (Å²) in [7, 11) is 1.48. The maximum atomic E-state index is 10.6. The van der Waals surface area contributed by atoms with Crippen molar-refractivity contribution in [2.45, 2.75) is 43.9 Å². The molecule has 142 valence electrons. The van der Waals surface area contributed by atoms with Gasteiger partial charge in [0.1, 0.15) is 18.3 Å². The highest BCUT2D eigenvalue weighted by Gasteiger charge is 2.47. The second kappa shape index (κ2) is 9.60. The van der Waals surface area contributed by atoms with E-state index in [1.165, 1.54) is 7.11 Å². The average molecular weight is 369 g/mol. The van der Waals surface area contributed by atoms with E-state index in [-0.39, 0.29) is 6.61 Å². The van der Waals surface area contributed by atoms with Crippen LogP contribution >= 0.6 is 0 Å². The second-order valence-corrected chi connectivity index (χ2v) is 6.30. The molecule has 0 radical (unpaired) electrons. The van der Waals surface area contributed by atoms with Crippen molar-refractivity contribution in [1.82, 2.24) is 0 Å². The first-order valence-electron chi connectivity index (χ1n) is 8.80. The van der Waals surface area contributed by atoms with Crippen LogP contribution in [0, 0.1) is 11.3 Å². The largest absolute Gasteiger partial charge is 0.386 e. The van der Waals surface area contributed by atoms with E-state index in [9.17, 15) is 10.4 Å². The fourth-order valence-corrected chi connectivity index (χ4v) is 3.02. The lowest BCUT2D eigenvalue weighted by molar-refractivity contribution is -0.300. The van der Waals surface area contributed by atoms with Crippen molar-refractivity contribution in [3.63, 3.8) is 0 Å². The molecule has 0 spiro atoms. The van der Waals surface area contributed by atoms with Crippen molar-refractivity contribution in [1.29, 1.82) is 5.26 Å². The maximum absolute atomic E-state index is 10.6. The predicted octanol–water partition coefficient (Wildman–Crippen LogP) is 2.41. The van der Waals surface area contributed by atoms with Crippen molar-refractivity contribution in [3.05, 3.63) is 71.8 Å². The van der Waals surface area contributed by atoms with Crippen molar-refractivity contribution >= 4 is 0 Å². The number of benzene rings is 2. The number of hydrogen-bond donors (Lipinski definition) is 1. The molecule has 0 aliphatic carbocycles. The van der Waals surface area contributed by atoms with Crippen LogP contribution in [0.3, 0.4) is 0 Å². The molecule has 27 heavy (non-hydrogen) atoms. The summed E-state index contributed by atoms with van der Waals surface area (Å²) in [5, 5.41) is 19.9. The summed E-state index contributed by atoms with van der Waals surface area (Å²) in [6, 6.07) is 21.2. The molecule has 5 atom stereocenters. The minimum absolute atomic E-state index is 0.280. The standard InChI is InChI=1S/C21H23NO5/c1-24-21-20(26-14-16-10-6-3-7-11-16)19(18(23)17(12-22)27-21)25-13-15-8-4-2-5-9-15/h2-11,17-21,23H,13-14H2,1H3/t17-,18-,19+,20-,21+/m1/s1. The van der Waals surface area contributed by atoms with Crippen LogP contribution in [0.5, 0.6) is 0 Å². The van der Waals surface area contributed by atoms with Crippen LogP contribution in [0.15, 0.2) is 60.7 Å². The van der Waals surface area contributed by atoms with E-state index < -0.39 is 30.7 Å². The molecule has 6 heteroatoms. The van der Waals surface area contributed by atoms with Crippen molar-refractivity contribution in [2.24, 2.45) is 0 Å². The zero-order valence-corrected chi connectivity index (χ0v) is 15.1. The highest BCUT2D eigenvalue weighted by atomic mass is 16.7. The summed E-state index contributed by atoms with van der Waals surface area (Å²) in [5.74, 6) is 0. The first-order valence-corrected chi connectivity index (χ1v) is 8.80. The highest BCUT2D eigenvalue weighted by Crippen LogP contribution is 2.28. The third-order valence-corrected chi connectivity index (χ3v) is 4.45. The second-order valence-electron chi connectivity index (χ2n) is 6.30. The van der Waals surface area contributed by atoms with E-state index in [2.05, 4.69) is 0 Å². The van der Waals surface area contributed by atoms with Crippen LogP contribution in [0.4, 0.5) is 0 Å². The number of ether oxygens (including phenoxy) is 4. The van der Waals surface area contributed by atoms with Crippen molar-refractivity contribution < 1.29 is 24.1 Å². The van der Waals surface area contributed by atoms with Gasteiger partial charge >= 0.3 is 0 Å². The van der Waals surface area contributed by atoms with Gasteiger partial charge in [-0.25, -0.2) is 0 Å². The van der Waals surface area contributed by atoms with Gasteiger partial charge in [0.15, 0.2) is 12.4 Å². The van der Waals surface area contributed by atoms with Gasteiger partial charge in [-0.1, -0.05) is 60.7 Å². The number of nitrogens with zero attached hydrogens (tertiary/aromatic N) is 1. The van der Waals surface area contributed by atoms with Gasteiger partial charge in [0, 0.05) is 7.11 Å². The molecule has 1 saturated heterocycles. The first-order chi connectivity index (χ1) is 13.2. The Kier molecular flexibility index (Phi) is 6.93. The Morgan fingerprint density at radius 3 is 1.93 bits per heavy atom. The zero-order valence-electron chi connectivity index (χ0n) is 15.1. The van der Waals surface area contributed by atoms with Gasteiger partial charge in [-0.3, -0.25) is 0 Å². The Morgan fingerprint density at radius 2 is 1.44 bits per heavy atom. The number of aliphatic hydroxyl groups is 1. The topological polar surface area (TPSA) is 80.9 Å². The van der Waals surface area contributed by atoms with E-state index >= 15 is 0 Å². The van der Waals surface area contributed by atoms with E-state index in [0.717, 1.165) is 11.1 Å². The fraction of sp³-hybridized carbons (Fsp3) is 0.381. The molecule has 3 rings (SSSR count). The Morgan fingerprint density at radius 1 is 0.926 bits per heavy atom. The molecular weight excluding hydrogens is 346 g/mol. The van der Waals surface area contributed by atoms with Crippen molar-refractivity contribution in [3.8, 4) is 6.07 Å². The summed E-state index contributed by atoms with van der Waals surface area (Å²) in [4.78, 5) is 0. The SMILES string of the molecule is CO[C@H]1O[C@H](C#N)[C@@H](O)[C@H](OCc2ccccc2)[C@H]1OCc1ccccc1. The van der Waals surface area contributed by atoms with Crippen LogP contribution in [0.1, 0.15) is 11.1 Å². The molecule has 1 aliphatic rings. The van der Waals surface area contributed by atoms with Crippen LogP contribution < -0.4 is 0 Å². The van der Waals surface area contributed by atoms with Gasteiger partial charge in [-0.15, -0.1) is 0 Å². The number of nitriles is 1. The smallest absolute Gasteiger partial charge is 0.187 e. The first kappa shape index (κ1) is 19.5. The zero-order chi connectivity index (χ0) is 19.1. The lowest BCUT2D eigenvalue weighted by atomic mass is 9.99. The Hall–Kier alpha value is -2.27. The van der Waals surface area contributed by atoms with Gasteiger partial charge in [0.25, 0.3) is 0 Å². The van der Waals surface area contributed by atoms with Crippen LogP contribution in [0.2, 0.25) is 0 Å². The summed E-state index contributed by atoms with van der Waals surface area (Å²) >= 11 is 0. The Labute approximate surface area is 158 Å². The minimum atomic E-state index is -1.15.